The fourth-order valence-electron chi connectivity index (χ4n) is 2.92. The van der Waals surface area contributed by atoms with Gasteiger partial charge in [0.25, 0.3) is 0 Å². The number of benzene rings is 2. The molecule has 0 spiro atoms. The Balaban J connectivity index is 1.63. The maximum absolute atomic E-state index is 12.5. The van der Waals surface area contributed by atoms with Gasteiger partial charge in [-0.05, 0) is 57.2 Å². The molecular formula is C22H24N4O2S. The van der Waals surface area contributed by atoms with Gasteiger partial charge in [-0.25, -0.2) is 4.68 Å². The molecule has 0 bridgehead atoms. The van der Waals surface area contributed by atoms with Crippen molar-refractivity contribution in [2.75, 3.05) is 16.4 Å². The van der Waals surface area contributed by atoms with Gasteiger partial charge in [0, 0.05) is 17.5 Å². The van der Waals surface area contributed by atoms with Gasteiger partial charge in [-0.3, -0.25) is 9.59 Å². The van der Waals surface area contributed by atoms with Gasteiger partial charge >= 0.3 is 0 Å². The maximum Gasteiger partial charge on any atom is 0.234 e. The highest BCUT2D eigenvalue weighted by Crippen LogP contribution is 2.25. The van der Waals surface area contributed by atoms with Gasteiger partial charge in [0.15, 0.2) is 0 Å². The molecule has 0 saturated carbocycles. The van der Waals surface area contributed by atoms with Crippen LogP contribution in [0.25, 0.3) is 5.69 Å². The first-order valence-corrected chi connectivity index (χ1v) is 10.3. The molecule has 3 rings (SSSR count). The summed E-state index contributed by atoms with van der Waals surface area (Å²) in [6.45, 7) is 7.35. The average molecular weight is 409 g/mol. The second-order valence-electron chi connectivity index (χ2n) is 6.84. The lowest BCUT2D eigenvalue weighted by Gasteiger charge is -2.08. The van der Waals surface area contributed by atoms with Crippen molar-refractivity contribution < 1.29 is 9.59 Å². The number of hydrogen-bond donors (Lipinski definition) is 2. The van der Waals surface area contributed by atoms with Crippen LogP contribution in [0.1, 0.15) is 23.9 Å². The SMILES string of the molecule is CC(=O)Nc1ccc(SCC(=O)Nc2c(C)nn(-c3ccc(C)cc3)c2C)cc1. The lowest BCUT2D eigenvalue weighted by Crippen LogP contribution is -2.15. The van der Waals surface area contributed by atoms with Crippen molar-refractivity contribution >= 4 is 35.0 Å². The van der Waals surface area contributed by atoms with E-state index in [1.165, 1.54) is 24.2 Å². The largest absolute Gasteiger partial charge is 0.326 e. The van der Waals surface area contributed by atoms with E-state index in [0.717, 1.165) is 33.3 Å². The quantitative estimate of drug-likeness (QED) is 0.590. The van der Waals surface area contributed by atoms with E-state index in [4.69, 9.17) is 0 Å². The second kappa shape index (κ2) is 8.96. The number of aryl methyl sites for hydroxylation is 2. The summed E-state index contributed by atoms with van der Waals surface area (Å²) in [5.41, 5.74) is 5.31. The Bertz CT molecular complexity index is 1020. The normalized spacial score (nSPS) is 10.6. The van der Waals surface area contributed by atoms with Gasteiger partial charge in [-0.2, -0.15) is 5.10 Å². The smallest absolute Gasteiger partial charge is 0.234 e. The summed E-state index contributed by atoms with van der Waals surface area (Å²) < 4.78 is 1.85. The van der Waals surface area contributed by atoms with Crippen LogP contribution in [0.5, 0.6) is 0 Å². The van der Waals surface area contributed by atoms with E-state index in [0.29, 0.717) is 0 Å². The molecule has 0 radical (unpaired) electrons. The van der Waals surface area contributed by atoms with Crippen molar-refractivity contribution in [2.45, 2.75) is 32.6 Å². The molecule has 1 aromatic heterocycles. The van der Waals surface area contributed by atoms with Crippen LogP contribution in [0.4, 0.5) is 11.4 Å². The Morgan fingerprint density at radius 1 is 0.966 bits per heavy atom. The van der Waals surface area contributed by atoms with Gasteiger partial charge in [-0.15, -0.1) is 11.8 Å². The first-order chi connectivity index (χ1) is 13.8. The molecule has 0 aliphatic rings. The van der Waals surface area contributed by atoms with Crippen LogP contribution < -0.4 is 10.6 Å². The van der Waals surface area contributed by atoms with Crippen LogP contribution >= 0.6 is 11.8 Å². The van der Waals surface area contributed by atoms with Gasteiger partial charge in [0.1, 0.15) is 0 Å². The third-order valence-electron chi connectivity index (χ3n) is 4.38. The second-order valence-corrected chi connectivity index (χ2v) is 7.88. The monoisotopic (exact) mass is 408 g/mol. The highest BCUT2D eigenvalue weighted by molar-refractivity contribution is 8.00. The number of nitrogens with zero attached hydrogens (tertiary/aromatic N) is 2. The molecule has 1 heterocycles. The summed E-state index contributed by atoms with van der Waals surface area (Å²) >= 11 is 1.44. The van der Waals surface area contributed by atoms with E-state index in [9.17, 15) is 9.59 Å². The predicted octanol–water partition coefficient (Wildman–Crippen LogP) is 4.49. The molecular weight excluding hydrogens is 384 g/mol. The number of amides is 2. The minimum atomic E-state index is -0.110. The van der Waals surface area contributed by atoms with Gasteiger partial charge in [0.2, 0.25) is 11.8 Å². The molecule has 0 aliphatic heterocycles. The molecule has 0 atom stereocenters. The van der Waals surface area contributed by atoms with E-state index in [1.54, 1.807) is 0 Å². The number of anilines is 2. The van der Waals surface area contributed by atoms with Crippen LogP contribution in [-0.2, 0) is 9.59 Å². The highest BCUT2D eigenvalue weighted by atomic mass is 32.2. The molecule has 2 amide bonds. The minimum Gasteiger partial charge on any atom is -0.326 e. The molecule has 150 valence electrons. The van der Waals surface area contributed by atoms with Crippen LogP contribution in [0.3, 0.4) is 0 Å². The fourth-order valence-corrected chi connectivity index (χ4v) is 3.62. The topological polar surface area (TPSA) is 76.0 Å². The van der Waals surface area contributed by atoms with Crippen LogP contribution in [0, 0.1) is 20.8 Å². The number of aromatic nitrogens is 2. The summed E-state index contributed by atoms with van der Waals surface area (Å²) in [7, 11) is 0. The number of hydrogen-bond acceptors (Lipinski definition) is 4. The Hall–Kier alpha value is -3.06. The minimum absolute atomic E-state index is 0.0874. The molecule has 0 unspecified atom stereocenters. The van der Waals surface area contributed by atoms with Gasteiger partial charge in [0.05, 0.1) is 28.5 Å². The highest BCUT2D eigenvalue weighted by Gasteiger charge is 2.15. The average Bonchev–Trinajstić information content (AvgIpc) is 2.96. The Morgan fingerprint density at radius 3 is 2.24 bits per heavy atom. The predicted molar refractivity (Wildman–Crippen MR) is 118 cm³/mol. The molecule has 2 aromatic carbocycles. The first-order valence-electron chi connectivity index (χ1n) is 9.27. The van der Waals surface area contributed by atoms with Crippen molar-refractivity contribution in [1.82, 2.24) is 9.78 Å². The van der Waals surface area contributed by atoms with Crippen molar-refractivity contribution in [2.24, 2.45) is 0 Å². The number of thioether (sulfide) groups is 1. The molecule has 0 fully saturated rings. The molecule has 7 heteroatoms. The fraction of sp³-hybridized carbons (Fsp3) is 0.227. The Morgan fingerprint density at radius 2 is 1.62 bits per heavy atom. The van der Waals surface area contributed by atoms with Gasteiger partial charge < -0.3 is 10.6 Å². The summed E-state index contributed by atoms with van der Waals surface area (Å²) in [5, 5.41) is 10.3. The molecule has 2 N–H and O–H groups in total. The standard InChI is InChI=1S/C22H24N4O2S/c1-14-5-9-19(10-6-14)26-16(3)22(15(2)25-26)24-21(28)13-29-20-11-7-18(8-12-20)23-17(4)27/h5-12H,13H2,1-4H3,(H,23,27)(H,24,28). The maximum atomic E-state index is 12.5. The molecule has 6 nitrogen and oxygen atoms in total. The summed E-state index contributed by atoms with van der Waals surface area (Å²) in [6, 6.07) is 15.5. The van der Waals surface area contributed by atoms with Crippen molar-refractivity contribution in [3.63, 3.8) is 0 Å². The molecule has 3 aromatic rings. The van der Waals surface area contributed by atoms with E-state index in [-0.39, 0.29) is 17.6 Å². The first kappa shape index (κ1) is 20.7. The van der Waals surface area contributed by atoms with E-state index in [2.05, 4.69) is 15.7 Å². The molecule has 0 aliphatic carbocycles. The third-order valence-corrected chi connectivity index (χ3v) is 5.39. The molecule has 0 saturated heterocycles. The summed E-state index contributed by atoms with van der Waals surface area (Å²) in [4.78, 5) is 24.5. The zero-order chi connectivity index (χ0) is 21.0. The number of carbonyl (C=O) groups is 2. The summed E-state index contributed by atoms with van der Waals surface area (Å²) in [5.74, 6) is 0.0888. The lowest BCUT2D eigenvalue weighted by atomic mass is 10.2. The number of carbonyl (C=O) groups excluding carboxylic acids is 2. The van der Waals surface area contributed by atoms with Crippen molar-refractivity contribution in [1.29, 1.82) is 0 Å². The van der Waals surface area contributed by atoms with E-state index in [1.807, 2.05) is 74.0 Å². The van der Waals surface area contributed by atoms with Gasteiger partial charge in [-0.1, -0.05) is 17.7 Å². The van der Waals surface area contributed by atoms with Crippen LogP contribution in [-0.4, -0.2) is 27.3 Å². The Kier molecular flexibility index (Phi) is 6.39. The molecule has 29 heavy (non-hydrogen) atoms. The zero-order valence-electron chi connectivity index (χ0n) is 16.9. The Labute approximate surface area is 174 Å². The van der Waals surface area contributed by atoms with E-state index >= 15 is 0 Å². The number of rotatable bonds is 6. The van der Waals surface area contributed by atoms with Crippen molar-refractivity contribution in [3.8, 4) is 5.69 Å². The third kappa shape index (κ3) is 5.26. The number of nitrogens with one attached hydrogen (secondary N) is 2. The van der Waals surface area contributed by atoms with E-state index < -0.39 is 0 Å². The van der Waals surface area contributed by atoms with Crippen LogP contribution in [0.15, 0.2) is 53.4 Å². The summed E-state index contributed by atoms with van der Waals surface area (Å²) in [6.07, 6.45) is 0. The lowest BCUT2D eigenvalue weighted by molar-refractivity contribution is -0.114. The van der Waals surface area contributed by atoms with Crippen molar-refractivity contribution in [3.05, 3.63) is 65.5 Å². The zero-order valence-corrected chi connectivity index (χ0v) is 17.8. The van der Waals surface area contributed by atoms with Crippen LogP contribution in [0.2, 0.25) is 0 Å².